The van der Waals surface area contributed by atoms with Crippen LogP contribution in [0.25, 0.3) is 0 Å². The summed E-state index contributed by atoms with van der Waals surface area (Å²) in [5, 5.41) is 0. The van der Waals surface area contributed by atoms with E-state index in [0.29, 0.717) is 12.5 Å². The zero-order valence-corrected chi connectivity index (χ0v) is 8.71. The topological polar surface area (TPSA) is 26.3 Å². The van der Waals surface area contributed by atoms with Crippen molar-refractivity contribution in [3.8, 4) is 0 Å². The van der Waals surface area contributed by atoms with Gasteiger partial charge < -0.3 is 4.74 Å². The van der Waals surface area contributed by atoms with Gasteiger partial charge in [-0.3, -0.25) is 4.79 Å². The van der Waals surface area contributed by atoms with E-state index in [9.17, 15) is 4.79 Å². The van der Waals surface area contributed by atoms with Crippen LogP contribution < -0.4 is 0 Å². The maximum atomic E-state index is 11.0. The van der Waals surface area contributed by atoms with E-state index >= 15 is 0 Å². The van der Waals surface area contributed by atoms with Crippen molar-refractivity contribution in [3.05, 3.63) is 0 Å². The molecule has 0 aromatic heterocycles. The lowest BCUT2D eigenvalue weighted by Crippen LogP contribution is -2.28. The molecule has 0 amide bonds. The number of unbranched alkanes of at least 4 members (excludes halogenated alkanes) is 2. The molecular formula is C11H20O2. The maximum Gasteiger partial charge on any atom is 0.308 e. The second-order valence-corrected chi connectivity index (χ2v) is 4.13. The van der Waals surface area contributed by atoms with E-state index in [0.717, 1.165) is 6.42 Å². The van der Waals surface area contributed by atoms with Crippen LogP contribution in [0, 0.1) is 11.8 Å². The molecule has 1 fully saturated rings. The van der Waals surface area contributed by atoms with E-state index in [-0.39, 0.29) is 11.9 Å². The molecule has 0 saturated carbocycles. The Morgan fingerprint density at radius 3 is 2.85 bits per heavy atom. The number of rotatable bonds is 4. The number of carbonyl (C=O) groups excluding carboxylic acids is 1. The van der Waals surface area contributed by atoms with E-state index in [2.05, 4.69) is 6.92 Å². The predicted molar refractivity (Wildman–Crippen MR) is 52.4 cm³/mol. The van der Waals surface area contributed by atoms with Gasteiger partial charge in [0.2, 0.25) is 0 Å². The summed E-state index contributed by atoms with van der Waals surface area (Å²) >= 11 is 0. The molecule has 2 nitrogen and oxygen atoms in total. The SMILES string of the molecule is CCCCCC1COC(=O)C(C)C1. The fourth-order valence-electron chi connectivity index (χ4n) is 1.89. The largest absolute Gasteiger partial charge is 0.465 e. The molecule has 1 saturated heterocycles. The van der Waals surface area contributed by atoms with E-state index < -0.39 is 0 Å². The Kier molecular flexibility index (Phi) is 4.26. The first-order valence-corrected chi connectivity index (χ1v) is 5.40. The van der Waals surface area contributed by atoms with Crippen LogP contribution in [0.15, 0.2) is 0 Å². The highest BCUT2D eigenvalue weighted by Crippen LogP contribution is 2.24. The lowest BCUT2D eigenvalue weighted by molar-refractivity contribution is -0.155. The van der Waals surface area contributed by atoms with Crippen LogP contribution in [-0.2, 0) is 9.53 Å². The monoisotopic (exact) mass is 184 g/mol. The van der Waals surface area contributed by atoms with Gasteiger partial charge in [0, 0.05) is 0 Å². The molecule has 2 atom stereocenters. The second kappa shape index (κ2) is 5.25. The van der Waals surface area contributed by atoms with E-state index in [1.54, 1.807) is 0 Å². The van der Waals surface area contributed by atoms with Crippen molar-refractivity contribution in [1.29, 1.82) is 0 Å². The third-order valence-electron chi connectivity index (χ3n) is 2.77. The van der Waals surface area contributed by atoms with Crippen molar-refractivity contribution in [2.75, 3.05) is 6.61 Å². The highest BCUT2D eigenvalue weighted by molar-refractivity contribution is 5.72. The molecule has 0 aromatic carbocycles. The smallest absolute Gasteiger partial charge is 0.308 e. The number of esters is 1. The molecule has 76 valence electrons. The molecule has 2 unspecified atom stereocenters. The Morgan fingerprint density at radius 1 is 1.46 bits per heavy atom. The number of hydrogen-bond acceptors (Lipinski definition) is 2. The Bertz CT molecular complexity index is 165. The van der Waals surface area contributed by atoms with Crippen molar-refractivity contribution >= 4 is 5.97 Å². The average Bonchev–Trinajstić information content (AvgIpc) is 2.12. The summed E-state index contributed by atoms with van der Waals surface area (Å²) in [5.74, 6) is 0.742. The minimum atomic E-state index is -0.00765. The number of carbonyl (C=O) groups is 1. The third-order valence-corrected chi connectivity index (χ3v) is 2.77. The van der Waals surface area contributed by atoms with Crippen LogP contribution in [0.5, 0.6) is 0 Å². The molecular weight excluding hydrogens is 164 g/mol. The van der Waals surface area contributed by atoms with Crippen LogP contribution >= 0.6 is 0 Å². The fraction of sp³-hybridized carbons (Fsp3) is 0.909. The van der Waals surface area contributed by atoms with Crippen molar-refractivity contribution < 1.29 is 9.53 Å². The number of cyclic esters (lactones) is 1. The Morgan fingerprint density at radius 2 is 2.23 bits per heavy atom. The van der Waals surface area contributed by atoms with Gasteiger partial charge in [0.15, 0.2) is 0 Å². The summed E-state index contributed by atoms with van der Waals surface area (Å²) in [6.45, 7) is 4.84. The normalized spacial score (nSPS) is 28.6. The van der Waals surface area contributed by atoms with Crippen molar-refractivity contribution in [3.63, 3.8) is 0 Å². The zero-order chi connectivity index (χ0) is 9.68. The molecule has 0 aliphatic carbocycles. The van der Waals surface area contributed by atoms with Crippen LogP contribution in [0.2, 0.25) is 0 Å². The minimum Gasteiger partial charge on any atom is -0.465 e. The van der Waals surface area contributed by atoms with Gasteiger partial charge in [-0.2, -0.15) is 0 Å². The number of ether oxygens (including phenoxy) is 1. The molecule has 1 aliphatic heterocycles. The molecule has 1 rings (SSSR count). The summed E-state index contributed by atoms with van der Waals surface area (Å²) in [7, 11) is 0. The lowest BCUT2D eigenvalue weighted by atomic mass is 9.90. The van der Waals surface area contributed by atoms with Gasteiger partial charge in [0.1, 0.15) is 0 Å². The third kappa shape index (κ3) is 3.37. The molecule has 13 heavy (non-hydrogen) atoms. The first-order valence-electron chi connectivity index (χ1n) is 5.40. The van der Waals surface area contributed by atoms with Crippen LogP contribution in [0.4, 0.5) is 0 Å². The first kappa shape index (κ1) is 10.6. The fourth-order valence-corrected chi connectivity index (χ4v) is 1.89. The van der Waals surface area contributed by atoms with Gasteiger partial charge in [-0.05, 0) is 18.8 Å². The zero-order valence-electron chi connectivity index (χ0n) is 8.71. The Balaban J connectivity index is 2.17. The standard InChI is InChI=1S/C11H20O2/c1-3-4-5-6-10-7-9(2)11(12)13-8-10/h9-10H,3-8H2,1-2H3. The van der Waals surface area contributed by atoms with Gasteiger partial charge in [-0.1, -0.05) is 33.1 Å². The summed E-state index contributed by atoms with van der Waals surface area (Å²) in [6.07, 6.45) is 6.11. The molecule has 1 heterocycles. The summed E-state index contributed by atoms with van der Waals surface area (Å²) < 4.78 is 5.09. The van der Waals surface area contributed by atoms with Crippen molar-refractivity contribution in [1.82, 2.24) is 0 Å². The van der Waals surface area contributed by atoms with Gasteiger partial charge in [-0.25, -0.2) is 0 Å². The first-order chi connectivity index (χ1) is 6.24. The summed E-state index contributed by atoms with van der Waals surface area (Å²) in [5.41, 5.74) is 0. The molecule has 0 spiro atoms. The molecule has 0 bridgehead atoms. The van der Waals surface area contributed by atoms with Crippen LogP contribution in [0.1, 0.15) is 46.0 Å². The number of hydrogen-bond donors (Lipinski definition) is 0. The van der Waals surface area contributed by atoms with E-state index in [4.69, 9.17) is 4.74 Å². The Labute approximate surface area is 80.7 Å². The molecule has 2 heteroatoms. The lowest BCUT2D eigenvalue weighted by Gasteiger charge is -2.25. The van der Waals surface area contributed by atoms with Crippen molar-refractivity contribution in [2.24, 2.45) is 11.8 Å². The van der Waals surface area contributed by atoms with Crippen molar-refractivity contribution in [2.45, 2.75) is 46.0 Å². The van der Waals surface area contributed by atoms with Gasteiger partial charge in [0.05, 0.1) is 12.5 Å². The predicted octanol–water partition coefficient (Wildman–Crippen LogP) is 2.77. The van der Waals surface area contributed by atoms with E-state index in [1.165, 1.54) is 25.7 Å². The summed E-state index contributed by atoms with van der Waals surface area (Å²) in [6, 6.07) is 0. The maximum absolute atomic E-state index is 11.0. The quantitative estimate of drug-likeness (QED) is 0.496. The second-order valence-electron chi connectivity index (χ2n) is 4.13. The van der Waals surface area contributed by atoms with Gasteiger partial charge in [-0.15, -0.1) is 0 Å². The molecule has 0 radical (unpaired) electrons. The van der Waals surface area contributed by atoms with Crippen LogP contribution in [-0.4, -0.2) is 12.6 Å². The van der Waals surface area contributed by atoms with E-state index in [1.807, 2.05) is 6.92 Å². The minimum absolute atomic E-state index is 0.00765. The van der Waals surface area contributed by atoms with Crippen LogP contribution in [0.3, 0.4) is 0 Å². The highest BCUT2D eigenvalue weighted by atomic mass is 16.5. The van der Waals surface area contributed by atoms with Gasteiger partial charge in [0.25, 0.3) is 0 Å². The molecule has 1 aliphatic rings. The molecule has 0 N–H and O–H groups in total. The Hall–Kier alpha value is -0.530. The average molecular weight is 184 g/mol. The molecule has 0 aromatic rings. The highest BCUT2D eigenvalue weighted by Gasteiger charge is 2.26. The van der Waals surface area contributed by atoms with Gasteiger partial charge >= 0.3 is 5.97 Å². The summed E-state index contributed by atoms with van der Waals surface area (Å²) in [4.78, 5) is 11.0.